The van der Waals surface area contributed by atoms with E-state index in [-0.39, 0.29) is 25.2 Å². The van der Waals surface area contributed by atoms with Crippen molar-refractivity contribution in [3.05, 3.63) is 0 Å². The van der Waals surface area contributed by atoms with Crippen LogP contribution in [0.25, 0.3) is 0 Å². The average Bonchev–Trinajstić information content (AvgIpc) is 3.10. The molecule has 0 radical (unpaired) electrons. The first-order valence-electron chi connectivity index (χ1n) is 22.5. The second kappa shape index (κ2) is 40.7. The molecule has 0 aliphatic carbocycles. The summed E-state index contributed by atoms with van der Waals surface area (Å²) in [6.45, 7) is 6.55. The maximum atomic E-state index is 12.2. The highest BCUT2D eigenvalue weighted by Crippen LogP contribution is 2.17. The van der Waals surface area contributed by atoms with Crippen LogP contribution >= 0.6 is 0 Å². The number of unbranched alkanes of at least 4 members (excludes halogenated alkanes) is 31. The van der Waals surface area contributed by atoms with Crippen molar-refractivity contribution in [2.45, 2.75) is 258 Å². The van der Waals surface area contributed by atoms with Crippen molar-refractivity contribution < 1.29 is 24.2 Å². The summed E-state index contributed by atoms with van der Waals surface area (Å²) in [4.78, 5) is 24.3. The number of esters is 2. The molecule has 0 saturated carbocycles. The predicted octanol–water partition coefficient (Wildman–Crippen LogP) is 14.2. The molecule has 1 atom stereocenters. The predicted molar refractivity (Wildman–Crippen MR) is 215 cm³/mol. The Morgan fingerprint density at radius 3 is 1.06 bits per heavy atom. The fourth-order valence-corrected chi connectivity index (χ4v) is 6.92. The van der Waals surface area contributed by atoms with Crippen molar-refractivity contribution in [2.24, 2.45) is 5.92 Å². The Labute approximate surface area is 312 Å². The molecule has 0 amide bonds. The highest BCUT2D eigenvalue weighted by Gasteiger charge is 2.16. The molecule has 0 aromatic rings. The number of hydrogen-bond donors (Lipinski definition) is 1. The van der Waals surface area contributed by atoms with E-state index in [1.807, 2.05) is 0 Å². The van der Waals surface area contributed by atoms with Gasteiger partial charge in [0.1, 0.15) is 6.61 Å². The molecule has 0 aliphatic heterocycles. The Morgan fingerprint density at radius 1 is 0.440 bits per heavy atom. The summed E-state index contributed by atoms with van der Waals surface area (Å²) in [5, 5.41) is 9.58. The van der Waals surface area contributed by atoms with Crippen LogP contribution < -0.4 is 0 Å². The lowest BCUT2D eigenvalue weighted by Gasteiger charge is -2.15. The van der Waals surface area contributed by atoms with Gasteiger partial charge in [0.2, 0.25) is 0 Å². The third-order valence-corrected chi connectivity index (χ3v) is 10.3. The van der Waals surface area contributed by atoms with Gasteiger partial charge in [-0.05, 0) is 18.8 Å². The Hall–Kier alpha value is -1.10. The normalized spacial score (nSPS) is 12.1. The van der Waals surface area contributed by atoms with Crippen LogP contribution in [0, 0.1) is 5.92 Å². The molecule has 0 bridgehead atoms. The fraction of sp³-hybridized carbons (Fsp3) is 0.956. The van der Waals surface area contributed by atoms with Gasteiger partial charge >= 0.3 is 11.9 Å². The van der Waals surface area contributed by atoms with E-state index in [4.69, 9.17) is 9.47 Å². The van der Waals surface area contributed by atoms with E-state index >= 15 is 0 Å². The maximum absolute atomic E-state index is 12.2. The van der Waals surface area contributed by atoms with Gasteiger partial charge in [-0.15, -0.1) is 0 Å². The van der Waals surface area contributed by atoms with Crippen LogP contribution in [0.1, 0.15) is 252 Å². The van der Waals surface area contributed by atoms with Gasteiger partial charge < -0.3 is 14.6 Å². The Bertz CT molecular complexity index is 693. The number of rotatable bonds is 41. The van der Waals surface area contributed by atoms with E-state index in [1.165, 1.54) is 186 Å². The third-order valence-electron chi connectivity index (χ3n) is 10.3. The molecule has 0 unspecified atom stereocenters. The zero-order chi connectivity index (χ0) is 36.6. The maximum Gasteiger partial charge on any atom is 0.306 e. The lowest BCUT2D eigenvalue weighted by molar-refractivity contribution is -0.161. The summed E-state index contributed by atoms with van der Waals surface area (Å²) in [5.74, 6) is 0.293. The van der Waals surface area contributed by atoms with Gasteiger partial charge in [-0.2, -0.15) is 0 Å². The van der Waals surface area contributed by atoms with Crippen molar-refractivity contribution in [1.29, 1.82) is 0 Å². The van der Waals surface area contributed by atoms with Crippen LogP contribution in [0.15, 0.2) is 0 Å². The van der Waals surface area contributed by atoms with E-state index < -0.39 is 6.10 Å². The smallest absolute Gasteiger partial charge is 0.306 e. The molecule has 0 aliphatic rings. The summed E-state index contributed by atoms with van der Waals surface area (Å²) in [7, 11) is 0. The monoisotopic (exact) mass is 709 g/mol. The molecule has 0 aromatic carbocycles. The van der Waals surface area contributed by atoms with Crippen molar-refractivity contribution in [2.75, 3.05) is 13.2 Å². The van der Waals surface area contributed by atoms with Gasteiger partial charge in [-0.25, -0.2) is 0 Å². The molecule has 5 heteroatoms. The molecule has 0 rings (SSSR count). The molecule has 1 N–H and O–H groups in total. The van der Waals surface area contributed by atoms with Crippen LogP contribution in [-0.2, 0) is 19.1 Å². The Balaban J connectivity index is 3.45. The first-order chi connectivity index (χ1) is 24.5. The summed E-state index contributed by atoms with van der Waals surface area (Å²) < 4.78 is 10.6. The van der Waals surface area contributed by atoms with Crippen molar-refractivity contribution >= 4 is 11.9 Å². The molecule has 50 heavy (non-hydrogen) atoms. The molecular weight excluding hydrogens is 620 g/mol. The van der Waals surface area contributed by atoms with Crippen molar-refractivity contribution in [1.82, 2.24) is 0 Å². The standard InChI is InChI=1S/C45H88O5/c1-4-5-6-7-8-9-10-11-16-21-24-27-30-33-36-39-45(48)50-43(40-46)41-49-44(47)38-35-32-29-26-23-20-18-15-13-12-14-17-19-22-25-28-31-34-37-42(2)3/h42-43,46H,4-41H2,1-3H3/t43-/m0/s1. The average molecular weight is 709 g/mol. The minimum atomic E-state index is -0.762. The highest BCUT2D eigenvalue weighted by molar-refractivity contribution is 5.70. The van der Waals surface area contributed by atoms with E-state index in [0.29, 0.717) is 12.8 Å². The number of carbonyl (C=O) groups is 2. The number of aliphatic hydroxyl groups is 1. The van der Waals surface area contributed by atoms with Crippen LogP contribution in [0.4, 0.5) is 0 Å². The lowest BCUT2D eigenvalue weighted by atomic mass is 10.0. The molecule has 0 aromatic heterocycles. The molecule has 0 spiro atoms. The number of ether oxygens (including phenoxy) is 2. The molecule has 298 valence electrons. The van der Waals surface area contributed by atoms with E-state index in [2.05, 4.69) is 20.8 Å². The second-order valence-electron chi connectivity index (χ2n) is 16.0. The number of carbonyl (C=O) groups excluding carboxylic acids is 2. The van der Waals surface area contributed by atoms with Gasteiger partial charge in [0.15, 0.2) is 6.10 Å². The van der Waals surface area contributed by atoms with E-state index in [1.54, 1.807) is 0 Å². The topological polar surface area (TPSA) is 72.8 Å². The van der Waals surface area contributed by atoms with Gasteiger partial charge in [0.05, 0.1) is 6.61 Å². The molecule has 5 nitrogen and oxygen atoms in total. The van der Waals surface area contributed by atoms with Gasteiger partial charge in [-0.1, -0.05) is 226 Å². The molecule has 0 heterocycles. The fourth-order valence-electron chi connectivity index (χ4n) is 6.92. The summed E-state index contributed by atoms with van der Waals surface area (Å²) in [5.41, 5.74) is 0. The van der Waals surface area contributed by atoms with Gasteiger partial charge in [0.25, 0.3) is 0 Å². The van der Waals surface area contributed by atoms with Crippen LogP contribution in [-0.4, -0.2) is 36.4 Å². The van der Waals surface area contributed by atoms with E-state index in [0.717, 1.165) is 38.0 Å². The minimum Gasteiger partial charge on any atom is -0.462 e. The minimum absolute atomic E-state index is 0.0569. The zero-order valence-electron chi connectivity index (χ0n) is 34.1. The molecular formula is C45H88O5. The summed E-state index contributed by atoms with van der Waals surface area (Å²) in [6.07, 6.45) is 44.6. The quantitative estimate of drug-likeness (QED) is 0.0505. The third kappa shape index (κ3) is 39.7. The zero-order valence-corrected chi connectivity index (χ0v) is 34.1. The van der Waals surface area contributed by atoms with Gasteiger partial charge in [-0.3, -0.25) is 9.59 Å². The summed E-state index contributed by atoms with van der Waals surface area (Å²) in [6, 6.07) is 0. The van der Waals surface area contributed by atoms with Crippen LogP contribution in [0.5, 0.6) is 0 Å². The number of hydrogen-bond acceptors (Lipinski definition) is 5. The SMILES string of the molecule is CCCCCCCCCCCCCCCCCC(=O)O[C@@H](CO)COC(=O)CCCCCCCCCCCCCCCCCCCCC(C)C. The second-order valence-corrected chi connectivity index (χ2v) is 16.0. The highest BCUT2D eigenvalue weighted by atomic mass is 16.6. The Morgan fingerprint density at radius 2 is 0.740 bits per heavy atom. The lowest BCUT2D eigenvalue weighted by Crippen LogP contribution is -2.28. The van der Waals surface area contributed by atoms with Crippen molar-refractivity contribution in [3.8, 4) is 0 Å². The molecule has 0 fully saturated rings. The Kier molecular flexibility index (Phi) is 39.8. The van der Waals surface area contributed by atoms with Crippen LogP contribution in [0.2, 0.25) is 0 Å². The summed E-state index contributed by atoms with van der Waals surface area (Å²) >= 11 is 0. The number of aliphatic hydroxyl groups excluding tert-OH is 1. The van der Waals surface area contributed by atoms with Crippen molar-refractivity contribution in [3.63, 3.8) is 0 Å². The van der Waals surface area contributed by atoms with Gasteiger partial charge in [0, 0.05) is 12.8 Å². The molecule has 0 saturated heterocycles. The first-order valence-corrected chi connectivity index (χ1v) is 22.5. The largest absolute Gasteiger partial charge is 0.462 e. The van der Waals surface area contributed by atoms with Crippen LogP contribution in [0.3, 0.4) is 0 Å². The van der Waals surface area contributed by atoms with E-state index in [9.17, 15) is 14.7 Å². The first kappa shape index (κ1) is 48.9.